The van der Waals surface area contributed by atoms with E-state index in [4.69, 9.17) is 4.74 Å². The lowest BCUT2D eigenvalue weighted by Gasteiger charge is -2.35. The maximum absolute atomic E-state index is 16.2. The van der Waals surface area contributed by atoms with Crippen LogP contribution >= 0.6 is 0 Å². The molecule has 0 spiro atoms. The maximum Gasteiger partial charge on any atom is 0.329 e. The zero-order valence-corrected chi connectivity index (χ0v) is 32.1. The molecule has 0 radical (unpaired) electrons. The number of rotatable bonds is 10. The van der Waals surface area contributed by atoms with Crippen LogP contribution in [0.2, 0.25) is 0 Å². The van der Waals surface area contributed by atoms with Gasteiger partial charge in [0.1, 0.15) is 30.6 Å². The summed E-state index contributed by atoms with van der Waals surface area (Å²) < 4.78 is 53.2. The number of nitrogens with one attached hydrogen (secondary N) is 3. The molecule has 1 unspecified atom stereocenters. The van der Waals surface area contributed by atoms with Crippen LogP contribution in [0.15, 0.2) is 77.6 Å². The molecule has 5 aromatic rings. The number of hydrogen-bond acceptors (Lipinski definition) is 10. The van der Waals surface area contributed by atoms with Gasteiger partial charge in [0.25, 0.3) is 5.91 Å². The SMILES string of the molecule is CCn1c(=O)n(C2CCC(=O)NC2=O)c2ccc([C@H]3CCN(CC(=O)Nc4ccc5c(F)c(N6CC(=O)NS6(=O)=O)c(OCc6ccccc6)cc5c4)C[C@@H]3O)cc21. The summed E-state index contributed by atoms with van der Waals surface area (Å²) in [6, 6.07) is 19.6. The number of likely N-dealkylation sites (tertiary alicyclic amines) is 1. The predicted octanol–water partition coefficient (Wildman–Crippen LogP) is 2.64. The van der Waals surface area contributed by atoms with Crippen LogP contribution in [0.5, 0.6) is 5.75 Å². The third-order valence-electron chi connectivity index (χ3n) is 10.9. The van der Waals surface area contributed by atoms with E-state index in [9.17, 15) is 37.5 Å². The number of β-amino-alcohol motifs (C(OH)–C–C–N with tert-alkyl or cyclic N) is 1. The number of piperidine rings is 2. The highest BCUT2D eigenvalue weighted by Crippen LogP contribution is 2.40. The van der Waals surface area contributed by atoms with Crippen molar-refractivity contribution < 1.29 is 41.8 Å². The minimum Gasteiger partial charge on any atom is -0.487 e. The van der Waals surface area contributed by atoms with E-state index in [0.29, 0.717) is 45.9 Å². The van der Waals surface area contributed by atoms with Gasteiger partial charge in [-0.25, -0.2) is 18.2 Å². The molecule has 3 aliphatic rings. The van der Waals surface area contributed by atoms with Gasteiger partial charge in [-0.1, -0.05) is 36.4 Å². The molecule has 3 saturated heterocycles. The van der Waals surface area contributed by atoms with Crippen LogP contribution in [0.4, 0.5) is 15.8 Å². The molecule has 0 saturated carbocycles. The van der Waals surface area contributed by atoms with Crippen LogP contribution in [0, 0.1) is 5.82 Å². The average Bonchev–Trinajstić information content (AvgIpc) is 3.62. The van der Waals surface area contributed by atoms with Crippen molar-refractivity contribution in [3.8, 4) is 5.75 Å². The number of fused-ring (bicyclic) bond motifs is 2. The van der Waals surface area contributed by atoms with E-state index in [1.165, 1.54) is 28.8 Å². The number of carbonyl (C=O) groups is 4. The Hall–Kier alpha value is -6.11. The molecule has 18 heteroatoms. The first-order chi connectivity index (χ1) is 27.8. The van der Waals surface area contributed by atoms with Gasteiger partial charge in [0.15, 0.2) is 5.82 Å². The number of aliphatic hydroxyl groups excluding tert-OH is 1. The zero-order valence-electron chi connectivity index (χ0n) is 31.3. The van der Waals surface area contributed by atoms with Crippen molar-refractivity contribution >= 4 is 67.0 Å². The van der Waals surface area contributed by atoms with E-state index in [-0.39, 0.29) is 67.1 Å². The lowest BCUT2D eigenvalue weighted by Crippen LogP contribution is -2.45. The number of nitrogens with zero attached hydrogens (tertiary/aromatic N) is 4. The third-order valence-corrected chi connectivity index (χ3v) is 12.3. The van der Waals surface area contributed by atoms with Crippen LogP contribution in [-0.2, 0) is 42.5 Å². The van der Waals surface area contributed by atoms with Gasteiger partial charge >= 0.3 is 15.9 Å². The van der Waals surface area contributed by atoms with E-state index in [1.807, 2.05) is 34.7 Å². The molecule has 58 heavy (non-hydrogen) atoms. The number of aliphatic hydroxyl groups is 1. The molecule has 4 N–H and O–H groups in total. The monoisotopic (exact) mass is 813 g/mol. The minimum absolute atomic E-state index is 0.0144. The largest absolute Gasteiger partial charge is 0.487 e. The molecule has 3 aliphatic heterocycles. The smallest absolute Gasteiger partial charge is 0.329 e. The second kappa shape index (κ2) is 15.3. The van der Waals surface area contributed by atoms with Crippen molar-refractivity contribution in [2.45, 2.75) is 57.4 Å². The van der Waals surface area contributed by atoms with Crippen LogP contribution in [0.25, 0.3) is 21.8 Å². The number of aromatic nitrogens is 2. The van der Waals surface area contributed by atoms with Gasteiger partial charge in [-0.05, 0) is 79.2 Å². The number of imide groups is 1. The Labute approximate surface area is 331 Å². The maximum atomic E-state index is 16.2. The molecule has 3 fully saturated rings. The van der Waals surface area contributed by atoms with E-state index < -0.39 is 52.2 Å². The topological polar surface area (TPSA) is 201 Å². The molecule has 1 aromatic heterocycles. The molecule has 16 nitrogen and oxygen atoms in total. The Balaban J connectivity index is 0.968. The second-order valence-corrected chi connectivity index (χ2v) is 16.2. The van der Waals surface area contributed by atoms with Crippen molar-refractivity contribution in [3.05, 3.63) is 100 Å². The summed E-state index contributed by atoms with van der Waals surface area (Å²) in [5, 5.41) is 16.8. The first kappa shape index (κ1) is 38.7. The van der Waals surface area contributed by atoms with Crippen molar-refractivity contribution in [3.63, 3.8) is 0 Å². The number of hydrogen-bond donors (Lipinski definition) is 4. The Bertz CT molecular complexity index is 2670. The van der Waals surface area contributed by atoms with Crippen LogP contribution in [0.1, 0.15) is 49.3 Å². The van der Waals surface area contributed by atoms with E-state index >= 15 is 4.39 Å². The third kappa shape index (κ3) is 7.29. The number of halogens is 1. The van der Waals surface area contributed by atoms with E-state index in [1.54, 1.807) is 34.9 Å². The van der Waals surface area contributed by atoms with Gasteiger partial charge in [-0.15, -0.1) is 0 Å². The Morgan fingerprint density at radius 1 is 0.983 bits per heavy atom. The fourth-order valence-corrected chi connectivity index (χ4v) is 9.28. The summed E-state index contributed by atoms with van der Waals surface area (Å²) >= 11 is 0. The molecule has 3 atom stereocenters. The second-order valence-electron chi connectivity index (χ2n) is 14.6. The summed E-state index contributed by atoms with van der Waals surface area (Å²) in [6.07, 6.45) is 0.0343. The summed E-state index contributed by atoms with van der Waals surface area (Å²) in [7, 11) is -4.37. The van der Waals surface area contributed by atoms with E-state index in [0.717, 1.165) is 11.1 Å². The first-order valence-electron chi connectivity index (χ1n) is 18.9. The van der Waals surface area contributed by atoms with Gasteiger partial charge in [-0.2, -0.15) is 8.42 Å². The van der Waals surface area contributed by atoms with Crippen molar-refractivity contribution in [1.82, 2.24) is 24.1 Å². The van der Waals surface area contributed by atoms with Gasteiger partial charge < -0.3 is 15.2 Å². The van der Waals surface area contributed by atoms with Crippen molar-refractivity contribution in [2.75, 3.05) is 35.8 Å². The Morgan fingerprint density at radius 3 is 2.48 bits per heavy atom. The van der Waals surface area contributed by atoms with Crippen molar-refractivity contribution in [2.24, 2.45) is 0 Å². The van der Waals surface area contributed by atoms with Gasteiger partial charge in [-0.3, -0.25) is 38.5 Å². The van der Waals surface area contributed by atoms with Crippen LogP contribution in [-0.4, -0.2) is 83.5 Å². The Morgan fingerprint density at radius 2 is 1.78 bits per heavy atom. The van der Waals surface area contributed by atoms with Gasteiger partial charge in [0.2, 0.25) is 17.7 Å². The number of ether oxygens (including phenoxy) is 1. The van der Waals surface area contributed by atoms with Crippen LogP contribution in [0.3, 0.4) is 0 Å². The number of imidazole rings is 1. The van der Waals surface area contributed by atoms with Gasteiger partial charge in [0, 0.05) is 36.5 Å². The summed E-state index contributed by atoms with van der Waals surface area (Å²) in [4.78, 5) is 65.0. The normalized spacial score (nSPS) is 21.0. The minimum atomic E-state index is -4.37. The number of aryl methyl sites for hydroxylation is 1. The summed E-state index contributed by atoms with van der Waals surface area (Å²) in [5.41, 5.74) is 2.33. The van der Waals surface area contributed by atoms with Gasteiger partial charge in [0.05, 0.1) is 23.7 Å². The highest BCUT2D eigenvalue weighted by Gasteiger charge is 2.39. The fourth-order valence-electron chi connectivity index (χ4n) is 8.12. The number of anilines is 2. The summed E-state index contributed by atoms with van der Waals surface area (Å²) in [5.74, 6) is -3.39. The average molecular weight is 814 g/mol. The zero-order chi connectivity index (χ0) is 40.9. The Kier molecular flexibility index (Phi) is 10.2. The van der Waals surface area contributed by atoms with Crippen molar-refractivity contribution in [1.29, 1.82) is 0 Å². The molecule has 8 rings (SSSR count). The molecular formula is C40H40FN7O9S. The van der Waals surface area contributed by atoms with E-state index in [2.05, 4.69) is 10.6 Å². The molecule has 0 bridgehead atoms. The predicted molar refractivity (Wildman–Crippen MR) is 211 cm³/mol. The lowest BCUT2D eigenvalue weighted by atomic mass is 9.87. The molecule has 4 amide bonds. The number of benzene rings is 4. The number of carbonyl (C=O) groups excluding carboxylic acids is 4. The standard InChI is InChI=1S/C40H40FN7O9S/c1-2-46-31-17-24(8-11-29(31)48(40(46)54)30-12-13-34(50)43-39(30)53)27-14-15-45(19-32(27)49)20-35(51)42-26-9-10-28-25(16-26)18-33(57-22-23-6-4-3-5-7-23)38(37(28)41)47-21-36(52)44-58(47,55)56/h3-11,16-18,27,30,32,49H,2,12-15,19-22H2,1H3,(H,42,51)(H,44,52)(H,43,50,53)/t27-,30?,32+/m1/s1. The highest BCUT2D eigenvalue weighted by molar-refractivity contribution is 7.92. The lowest BCUT2D eigenvalue weighted by molar-refractivity contribution is -0.135. The van der Waals surface area contributed by atoms with Crippen LogP contribution < -0.4 is 30.1 Å². The molecular weight excluding hydrogens is 774 g/mol. The number of amides is 4. The highest BCUT2D eigenvalue weighted by atomic mass is 32.2. The quantitative estimate of drug-likeness (QED) is 0.152. The summed E-state index contributed by atoms with van der Waals surface area (Å²) in [6.45, 7) is 2.18. The first-order valence-corrected chi connectivity index (χ1v) is 20.3. The molecule has 302 valence electrons. The molecule has 4 aromatic carbocycles. The fraction of sp³-hybridized carbons (Fsp3) is 0.325. The molecule has 0 aliphatic carbocycles. The molecule has 4 heterocycles.